The third-order valence-corrected chi connectivity index (χ3v) is 8.90. The smallest absolute Gasteiger partial charge is 0.373 e. The number of likely N-dealkylation sites (tertiary alicyclic amines) is 1. The van der Waals surface area contributed by atoms with E-state index >= 15 is 0 Å². The Hall–Kier alpha value is -2.88. The summed E-state index contributed by atoms with van der Waals surface area (Å²) in [7, 11) is 0. The SMILES string of the molecule is C[C@@H](OCC1(c2ccccc2)CCC2(CC1)C(=O)CC(=O)N2CC1CC1)c1cc(C(F)(F)F)cc(C(F)(F)F)c1. The molecule has 1 spiro atoms. The van der Waals surface area contributed by atoms with E-state index in [1.165, 1.54) is 6.92 Å². The van der Waals surface area contributed by atoms with Crippen LogP contribution >= 0.6 is 0 Å². The Labute approximate surface area is 228 Å². The average Bonchev–Trinajstić information content (AvgIpc) is 3.71. The molecule has 1 atom stereocenters. The van der Waals surface area contributed by atoms with Crippen molar-refractivity contribution in [3.8, 4) is 0 Å². The Morgan fingerprint density at radius 2 is 1.48 bits per heavy atom. The van der Waals surface area contributed by atoms with Gasteiger partial charge in [0.1, 0.15) is 5.54 Å². The molecule has 1 heterocycles. The number of ether oxygens (including phenoxy) is 1. The van der Waals surface area contributed by atoms with Crippen molar-refractivity contribution in [2.24, 2.45) is 5.92 Å². The van der Waals surface area contributed by atoms with E-state index in [1.807, 2.05) is 30.3 Å². The van der Waals surface area contributed by atoms with Crippen LogP contribution in [0.3, 0.4) is 0 Å². The summed E-state index contributed by atoms with van der Waals surface area (Å²) in [5.41, 5.74) is -3.54. The van der Waals surface area contributed by atoms with Crippen molar-refractivity contribution in [2.75, 3.05) is 13.2 Å². The van der Waals surface area contributed by atoms with Gasteiger partial charge in [-0.05, 0) is 80.7 Å². The molecular weight excluding hydrogens is 536 g/mol. The molecule has 0 aromatic heterocycles. The summed E-state index contributed by atoms with van der Waals surface area (Å²) in [6.45, 7) is 2.05. The van der Waals surface area contributed by atoms with Crippen molar-refractivity contribution >= 4 is 11.7 Å². The highest BCUT2D eigenvalue weighted by atomic mass is 19.4. The quantitative estimate of drug-likeness (QED) is 0.261. The zero-order chi connectivity index (χ0) is 28.9. The molecule has 2 aliphatic carbocycles. The lowest BCUT2D eigenvalue weighted by atomic mass is 9.63. The minimum Gasteiger partial charge on any atom is -0.373 e. The van der Waals surface area contributed by atoms with Crippen molar-refractivity contribution in [1.29, 1.82) is 0 Å². The zero-order valence-corrected chi connectivity index (χ0v) is 22.1. The van der Waals surface area contributed by atoms with Crippen molar-refractivity contribution < 1.29 is 40.7 Å². The Morgan fingerprint density at radius 3 is 2.00 bits per heavy atom. The lowest BCUT2D eigenvalue weighted by molar-refractivity contribution is -0.143. The molecule has 0 unspecified atom stereocenters. The maximum atomic E-state index is 13.4. The third-order valence-electron chi connectivity index (χ3n) is 8.90. The van der Waals surface area contributed by atoms with E-state index in [4.69, 9.17) is 4.74 Å². The van der Waals surface area contributed by atoms with Crippen LogP contribution in [0, 0.1) is 5.92 Å². The van der Waals surface area contributed by atoms with Crippen LogP contribution < -0.4 is 0 Å². The van der Waals surface area contributed by atoms with Crippen molar-refractivity contribution in [2.45, 2.75) is 81.3 Å². The monoisotopic (exact) mass is 567 g/mol. The number of benzene rings is 2. The molecule has 2 saturated carbocycles. The van der Waals surface area contributed by atoms with Crippen molar-refractivity contribution in [1.82, 2.24) is 4.90 Å². The Bertz CT molecular complexity index is 1230. The molecule has 3 aliphatic rings. The van der Waals surface area contributed by atoms with E-state index in [9.17, 15) is 35.9 Å². The fraction of sp³-hybridized carbons (Fsp3) is 0.533. The number of carbonyl (C=O) groups is 2. The van der Waals surface area contributed by atoms with Gasteiger partial charge >= 0.3 is 12.4 Å². The minimum absolute atomic E-state index is 0.0383. The zero-order valence-electron chi connectivity index (χ0n) is 22.1. The maximum absolute atomic E-state index is 13.4. The lowest BCUT2D eigenvalue weighted by Crippen LogP contribution is -2.55. The normalized spacial score (nSPS) is 26.5. The Morgan fingerprint density at radius 1 is 0.900 bits per heavy atom. The first-order valence-corrected chi connectivity index (χ1v) is 13.5. The summed E-state index contributed by atoms with van der Waals surface area (Å²) < 4.78 is 86.5. The maximum Gasteiger partial charge on any atom is 0.416 e. The first-order valence-electron chi connectivity index (χ1n) is 13.5. The number of carbonyl (C=O) groups excluding carboxylic acids is 2. The van der Waals surface area contributed by atoms with E-state index in [0.29, 0.717) is 50.3 Å². The number of hydrogen-bond donors (Lipinski definition) is 0. The van der Waals surface area contributed by atoms with Crippen LogP contribution in [0.5, 0.6) is 0 Å². The summed E-state index contributed by atoms with van der Waals surface area (Å²) in [5.74, 6) is 0.211. The Kier molecular flexibility index (Phi) is 7.30. The summed E-state index contributed by atoms with van der Waals surface area (Å²) in [6, 6.07) is 10.9. The van der Waals surface area contributed by atoms with Crippen LogP contribution in [0.4, 0.5) is 26.3 Å². The first kappa shape index (κ1) is 28.6. The van der Waals surface area contributed by atoms with E-state index in [2.05, 4.69) is 0 Å². The van der Waals surface area contributed by atoms with Crippen molar-refractivity contribution in [3.05, 3.63) is 70.8 Å². The molecule has 216 valence electrons. The van der Waals surface area contributed by atoms with Gasteiger partial charge in [-0.15, -0.1) is 0 Å². The van der Waals surface area contributed by atoms with Gasteiger partial charge in [-0.25, -0.2) is 0 Å². The minimum atomic E-state index is -4.95. The summed E-state index contributed by atoms with van der Waals surface area (Å²) in [6.07, 6.45) is -7.14. The highest BCUT2D eigenvalue weighted by Gasteiger charge is 2.57. The number of rotatable bonds is 7. The number of halogens is 6. The van der Waals surface area contributed by atoms with Gasteiger partial charge in [0.2, 0.25) is 5.91 Å². The number of nitrogens with zero attached hydrogens (tertiary/aromatic N) is 1. The van der Waals surface area contributed by atoms with Gasteiger partial charge in [0, 0.05) is 12.0 Å². The molecule has 2 aromatic carbocycles. The molecule has 1 aliphatic heterocycles. The molecular formula is C30H31F6NO3. The molecule has 40 heavy (non-hydrogen) atoms. The number of hydrogen-bond acceptors (Lipinski definition) is 3. The van der Waals surface area contributed by atoms with E-state index in [-0.39, 0.29) is 36.3 Å². The first-order chi connectivity index (χ1) is 18.7. The molecule has 1 amide bonds. The lowest BCUT2D eigenvalue weighted by Gasteiger charge is -2.48. The van der Waals surface area contributed by atoms with Crippen LogP contribution in [0.1, 0.15) is 80.2 Å². The fourth-order valence-electron chi connectivity index (χ4n) is 6.22. The Balaban J connectivity index is 1.40. The molecule has 5 rings (SSSR count). The second-order valence-electron chi connectivity index (χ2n) is 11.5. The van der Waals surface area contributed by atoms with Gasteiger partial charge in [0.15, 0.2) is 5.78 Å². The number of amides is 1. The van der Waals surface area contributed by atoms with Gasteiger partial charge in [-0.3, -0.25) is 9.59 Å². The van der Waals surface area contributed by atoms with E-state index < -0.39 is 40.5 Å². The standard InChI is InChI=1S/C30H31F6NO3/c1-19(21-13-23(29(31,32)33)15-24(14-21)30(34,35)36)40-18-27(22-5-3-2-4-6-22)9-11-28(12-10-27)25(38)16-26(39)37(28)17-20-7-8-20/h2-6,13-15,19-20H,7-12,16-18H2,1H3/t19-,27?,28?/m1/s1. The number of Topliss-reactive ketones (excluding diaryl/α,β-unsaturated/α-hetero) is 1. The molecule has 3 fully saturated rings. The summed E-state index contributed by atoms with van der Waals surface area (Å²) >= 11 is 0. The van der Waals surface area contributed by atoms with Crippen LogP contribution in [-0.2, 0) is 32.1 Å². The number of alkyl halides is 6. The van der Waals surface area contributed by atoms with Crippen LogP contribution in [0.2, 0.25) is 0 Å². The number of ketones is 1. The molecule has 4 nitrogen and oxygen atoms in total. The van der Waals surface area contributed by atoms with Crippen LogP contribution in [0.25, 0.3) is 0 Å². The average molecular weight is 568 g/mol. The second-order valence-corrected chi connectivity index (χ2v) is 11.5. The van der Waals surface area contributed by atoms with Crippen LogP contribution in [0.15, 0.2) is 48.5 Å². The van der Waals surface area contributed by atoms with Gasteiger partial charge in [0.25, 0.3) is 0 Å². The second kappa shape index (κ2) is 10.2. The van der Waals surface area contributed by atoms with E-state index in [0.717, 1.165) is 18.4 Å². The predicted molar refractivity (Wildman–Crippen MR) is 134 cm³/mol. The van der Waals surface area contributed by atoms with Crippen LogP contribution in [-0.4, -0.2) is 35.3 Å². The van der Waals surface area contributed by atoms with E-state index in [1.54, 1.807) is 4.90 Å². The van der Waals surface area contributed by atoms with Crippen molar-refractivity contribution in [3.63, 3.8) is 0 Å². The highest BCUT2D eigenvalue weighted by Crippen LogP contribution is 2.50. The van der Waals surface area contributed by atoms with Gasteiger partial charge < -0.3 is 9.64 Å². The fourth-order valence-corrected chi connectivity index (χ4v) is 6.22. The summed E-state index contributed by atoms with van der Waals surface area (Å²) in [5, 5.41) is 0. The molecule has 0 radical (unpaired) electrons. The largest absolute Gasteiger partial charge is 0.416 e. The molecule has 2 aromatic rings. The predicted octanol–water partition coefficient (Wildman–Crippen LogP) is 7.26. The molecule has 10 heteroatoms. The molecule has 1 saturated heterocycles. The van der Waals surface area contributed by atoms with Gasteiger partial charge in [0.05, 0.1) is 30.3 Å². The highest BCUT2D eigenvalue weighted by molar-refractivity contribution is 6.10. The van der Waals surface area contributed by atoms with Gasteiger partial charge in [-0.2, -0.15) is 26.3 Å². The molecule has 0 bridgehead atoms. The topological polar surface area (TPSA) is 46.6 Å². The third kappa shape index (κ3) is 5.51. The molecule has 0 N–H and O–H groups in total. The van der Waals surface area contributed by atoms with Gasteiger partial charge in [-0.1, -0.05) is 30.3 Å². The summed E-state index contributed by atoms with van der Waals surface area (Å²) in [4.78, 5) is 27.6.